The largest absolute Gasteiger partial charge is 0.478 e. The first-order valence-corrected chi connectivity index (χ1v) is 9.80. The van der Waals surface area contributed by atoms with E-state index in [1.165, 1.54) is 36.4 Å². The molecule has 7 heteroatoms. The first-order chi connectivity index (χ1) is 11.2. The van der Waals surface area contributed by atoms with Crippen LogP contribution >= 0.6 is 15.9 Å². The van der Waals surface area contributed by atoms with E-state index in [9.17, 15) is 18.0 Å². The van der Waals surface area contributed by atoms with Gasteiger partial charge in [-0.05, 0) is 36.2 Å². The number of ketones is 1. The number of hydrogen-bond acceptors (Lipinski definition) is 4. The van der Waals surface area contributed by atoms with Crippen LogP contribution in [0.5, 0.6) is 0 Å². The summed E-state index contributed by atoms with van der Waals surface area (Å²) in [6.07, 6.45) is 1.53. The quantitative estimate of drug-likeness (QED) is 0.583. The number of aromatic carboxylic acids is 1. The zero-order valence-corrected chi connectivity index (χ0v) is 15.2. The number of carbonyl (C=O) groups excluding carboxylic acids is 1. The second-order valence-electron chi connectivity index (χ2n) is 5.33. The molecule has 126 valence electrons. The second-order valence-corrected chi connectivity index (χ2v) is 8.46. The van der Waals surface area contributed by atoms with E-state index in [0.717, 1.165) is 11.8 Å². The molecule has 0 spiro atoms. The Labute approximate surface area is 148 Å². The Morgan fingerprint density at radius 2 is 1.50 bits per heavy atom. The van der Waals surface area contributed by atoms with Gasteiger partial charge in [-0.1, -0.05) is 40.2 Å². The maximum atomic E-state index is 12.4. The van der Waals surface area contributed by atoms with Crippen LogP contribution in [0.4, 0.5) is 0 Å². The third-order valence-electron chi connectivity index (χ3n) is 3.47. The lowest BCUT2D eigenvalue weighted by Crippen LogP contribution is -2.17. The fourth-order valence-electron chi connectivity index (χ4n) is 2.13. The number of carboxylic acids is 1. The number of alkyl halides is 1. The smallest absolute Gasteiger partial charge is 0.335 e. The summed E-state index contributed by atoms with van der Waals surface area (Å²) >= 11 is 3.34. The van der Waals surface area contributed by atoms with Crippen LogP contribution in [0.1, 0.15) is 26.3 Å². The van der Waals surface area contributed by atoms with Crippen LogP contribution in [0.25, 0.3) is 0 Å². The molecule has 2 aromatic rings. The summed E-state index contributed by atoms with van der Waals surface area (Å²) in [6, 6.07) is 12.1. The summed E-state index contributed by atoms with van der Waals surface area (Å²) in [4.78, 5) is 22.9. The molecule has 0 bridgehead atoms. The van der Waals surface area contributed by atoms with E-state index in [4.69, 9.17) is 5.11 Å². The lowest BCUT2D eigenvalue weighted by Gasteiger charge is -2.10. The van der Waals surface area contributed by atoms with Crippen molar-refractivity contribution in [3.05, 3.63) is 65.2 Å². The van der Waals surface area contributed by atoms with Crippen molar-refractivity contribution >= 4 is 37.5 Å². The van der Waals surface area contributed by atoms with Gasteiger partial charge in [0.15, 0.2) is 15.6 Å². The molecule has 1 N–H and O–H groups in total. The first-order valence-electron chi connectivity index (χ1n) is 6.99. The van der Waals surface area contributed by atoms with Crippen molar-refractivity contribution in [2.24, 2.45) is 0 Å². The van der Waals surface area contributed by atoms with Gasteiger partial charge in [-0.15, -0.1) is 0 Å². The number of carbonyl (C=O) groups is 2. The van der Waals surface area contributed by atoms with Crippen molar-refractivity contribution in [1.29, 1.82) is 0 Å². The van der Waals surface area contributed by atoms with Gasteiger partial charge in [0.1, 0.15) is 0 Å². The Morgan fingerprint density at radius 3 is 1.96 bits per heavy atom. The second kappa shape index (κ2) is 7.27. The number of carboxylic acid groups (broad SMARTS) is 1. The molecular weight excluding hydrogens is 396 g/mol. The van der Waals surface area contributed by atoms with Crippen molar-refractivity contribution in [1.82, 2.24) is 0 Å². The molecule has 0 aliphatic rings. The van der Waals surface area contributed by atoms with Crippen LogP contribution in [0, 0.1) is 0 Å². The highest BCUT2D eigenvalue weighted by molar-refractivity contribution is 9.10. The average Bonchev–Trinajstić information content (AvgIpc) is 2.54. The highest BCUT2D eigenvalue weighted by atomic mass is 79.9. The maximum Gasteiger partial charge on any atom is 0.335 e. The van der Waals surface area contributed by atoms with E-state index in [0.29, 0.717) is 12.0 Å². The summed E-state index contributed by atoms with van der Waals surface area (Å²) in [6.45, 7) is 0. The molecule has 0 aliphatic heterocycles. The molecule has 1 atom stereocenters. The molecule has 1 unspecified atom stereocenters. The Kier molecular flexibility index (Phi) is 5.56. The van der Waals surface area contributed by atoms with Crippen LogP contribution in [0.3, 0.4) is 0 Å². The highest BCUT2D eigenvalue weighted by Gasteiger charge is 2.18. The summed E-state index contributed by atoms with van der Waals surface area (Å²) < 4.78 is 22.9. The molecule has 2 rings (SSSR count). The Morgan fingerprint density at radius 1 is 1.00 bits per heavy atom. The van der Waals surface area contributed by atoms with Crippen LogP contribution in [-0.4, -0.2) is 36.4 Å². The fourth-order valence-corrected chi connectivity index (χ4v) is 3.40. The third kappa shape index (κ3) is 4.52. The van der Waals surface area contributed by atoms with Gasteiger partial charge < -0.3 is 5.11 Å². The first kappa shape index (κ1) is 18.4. The number of Topliss-reactive ketones (excluding diaryl/α,β-unsaturated/α-hetero) is 1. The maximum absolute atomic E-state index is 12.4. The van der Waals surface area contributed by atoms with E-state index < -0.39 is 20.6 Å². The Hall–Kier alpha value is -1.99. The fraction of sp³-hybridized carbons (Fsp3) is 0.176. The molecule has 0 aromatic heterocycles. The van der Waals surface area contributed by atoms with Crippen molar-refractivity contribution < 1.29 is 23.1 Å². The SMILES string of the molecule is CS(=O)(=O)c1ccc(CC(Br)C(=O)c2ccc(C(=O)O)cc2)cc1. The molecular formula is C17H15BrO5S. The molecule has 24 heavy (non-hydrogen) atoms. The lowest BCUT2D eigenvalue weighted by molar-refractivity contribution is 0.0696. The molecule has 0 saturated heterocycles. The van der Waals surface area contributed by atoms with Gasteiger partial charge in [0.25, 0.3) is 0 Å². The van der Waals surface area contributed by atoms with Gasteiger partial charge in [0.2, 0.25) is 0 Å². The minimum Gasteiger partial charge on any atom is -0.478 e. The number of rotatable bonds is 6. The number of benzene rings is 2. The summed E-state index contributed by atoms with van der Waals surface area (Å²) in [5.41, 5.74) is 1.35. The van der Waals surface area contributed by atoms with E-state index in [-0.39, 0.29) is 16.2 Å². The zero-order chi connectivity index (χ0) is 17.9. The van der Waals surface area contributed by atoms with Crippen LogP contribution < -0.4 is 0 Å². The summed E-state index contributed by atoms with van der Waals surface area (Å²) in [5, 5.41) is 8.86. The lowest BCUT2D eigenvalue weighted by atomic mass is 10.0. The van der Waals surface area contributed by atoms with Crippen molar-refractivity contribution in [3.8, 4) is 0 Å². The summed E-state index contributed by atoms with van der Waals surface area (Å²) in [5.74, 6) is -1.21. The predicted octanol–water partition coefficient (Wildman–Crippen LogP) is 2.98. The van der Waals surface area contributed by atoms with Gasteiger partial charge in [0, 0.05) is 11.8 Å². The normalized spacial score (nSPS) is 12.6. The van der Waals surface area contributed by atoms with E-state index >= 15 is 0 Å². The van der Waals surface area contributed by atoms with Crippen molar-refractivity contribution in [2.45, 2.75) is 16.1 Å². The minimum atomic E-state index is -3.25. The van der Waals surface area contributed by atoms with Gasteiger partial charge in [-0.2, -0.15) is 0 Å². The topological polar surface area (TPSA) is 88.5 Å². The number of sulfone groups is 1. The van der Waals surface area contributed by atoms with Crippen molar-refractivity contribution in [3.63, 3.8) is 0 Å². The standard InChI is InChI=1S/C17H15BrO5S/c1-24(22,23)14-8-2-11(3-9-14)10-15(18)16(19)12-4-6-13(7-5-12)17(20)21/h2-9,15H,10H2,1H3,(H,20,21). The number of hydrogen-bond donors (Lipinski definition) is 1. The molecule has 0 saturated carbocycles. The van der Waals surface area contributed by atoms with Gasteiger partial charge >= 0.3 is 5.97 Å². The van der Waals surface area contributed by atoms with Crippen molar-refractivity contribution in [2.75, 3.05) is 6.26 Å². The molecule has 0 amide bonds. The molecule has 0 radical (unpaired) electrons. The zero-order valence-electron chi connectivity index (χ0n) is 12.8. The highest BCUT2D eigenvalue weighted by Crippen LogP contribution is 2.18. The third-order valence-corrected chi connectivity index (χ3v) is 5.34. The van der Waals surface area contributed by atoms with Gasteiger partial charge in [-0.25, -0.2) is 13.2 Å². The van der Waals surface area contributed by atoms with Crippen LogP contribution in [0.2, 0.25) is 0 Å². The predicted molar refractivity (Wildman–Crippen MR) is 93.7 cm³/mol. The molecule has 2 aromatic carbocycles. The van der Waals surface area contributed by atoms with E-state index in [1.54, 1.807) is 12.1 Å². The Balaban J connectivity index is 2.09. The minimum absolute atomic E-state index is 0.119. The number of halogens is 1. The summed E-state index contributed by atoms with van der Waals surface area (Å²) in [7, 11) is -3.25. The average molecular weight is 411 g/mol. The molecule has 0 fully saturated rings. The Bertz CT molecular complexity index is 855. The van der Waals surface area contributed by atoms with Crippen LogP contribution in [0.15, 0.2) is 53.4 Å². The molecule has 0 heterocycles. The monoisotopic (exact) mass is 410 g/mol. The molecule has 5 nitrogen and oxygen atoms in total. The van der Waals surface area contributed by atoms with Gasteiger partial charge in [-0.3, -0.25) is 4.79 Å². The van der Waals surface area contributed by atoms with Gasteiger partial charge in [0.05, 0.1) is 15.3 Å². The van der Waals surface area contributed by atoms with Crippen LogP contribution in [-0.2, 0) is 16.3 Å². The van der Waals surface area contributed by atoms with E-state index in [2.05, 4.69) is 15.9 Å². The van der Waals surface area contributed by atoms with E-state index in [1.807, 2.05) is 0 Å². The molecule has 0 aliphatic carbocycles.